The van der Waals surface area contributed by atoms with Gasteiger partial charge in [-0.25, -0.2) is 0 Å². The smallest absolute Gasteiger partial charge is 0.229 e. The van der Waals surface area contributed by atoms with Crippen LogP contribution in [0.25, 0.3) is 5.70 Å². The zero-order chi connectivity index (χ0) is 24.8. The Hall–Kier alpha value is -2.28. The zero-order valence-corrected chi connectivity index (χ0v) is 22.1. The van der Waals surface area contributed by atoms with Crippen molar-refractivity contribution in [2.75, 3.05) is 50.7 Å². The molecular weight excluding hydrogens is 481 g/mol. The summed E-state index contributed by atoms with van der Waals surface area (Å²) in [4.78, 5) is 24.4. The highest BCUT2D eigenvalue weighted by Crippen LogP contribution is 2.34. The molecule has 35 heavy (non-hydrogen) atoms. The van der Waals surface area contributed by atoms with E-state index in [1.165, 1.54) is 0 Å². The molecule has 0 bridgehead atoms. The molecule has 1 N–H and O–H groups in total. The second kappa shape index (κ2) is 12.1. The number of aromatic nitrogens is 1. The lowest BCUT2D eigenvalue weighted by Gasteiger charge is -2.36. The molecule has 2 aliphatic rings. The summed E-state index contributed by atoms with van der Waals surface area (Å²) in [5.41, 5.74) is 3.19. The molecule has 6 nitrogen and oxygen atoms in total. The van der Waals surface area contributed by atoms with Gasteiger partial charge in [-0.1, -0.05) is 36.2 Å². The predicted octanol–water partition coefficient (Wildman–Crippen LogP) is 4.79. The first-order chi connectivity index (χ1) is 17.0. The number of hydrogen-bond acceptors (Lipinski definition) is 5. The first kappa shape index (κ1) is 25.8. The van der Waals surface area contributed by atoms with Crippen LogP contribution in [-0.2, 0) is 4.79 Å². The van der Waals surface area contributed by atoms with Crippen LogP contribution in [0.1, 0.15) is 32.3 Å². The zero-order valence-electron chi connectivity index (χ0n) is 20.6. The number of benzene rings is 1. The van der Waals surface area contributed by atoms with Crippen molar-refractivity contribution in [3.05, 3.63) is 64.4 Å². The number of amides is 1. The molecule has 8 heteroatoms. The third-order valence-electron chi connectivity index (χ3n) is 6.98. The van der Waals surface area contributed by atoms with Crippen molar-refractivity contribution in [1.29, 1.82) is 0 Å². The average Bonchev–Trinajstić information content (AvgIpc) is 3.21. The van der Waals surface area contributed by atoms with Crippen LogP contribution in [0.3, 0.4) is 0 Å². The van der Waals surface area contributed by atoms with Gasteiger partial charge in [0.1, 0.15) is 0 Å². The van der Waals surface area contributed by atoms with Gasteiger partial charge in [-0.05, 0) is 56.7 Å². The summed E-state index contributed by atoms with van der Waals surface area (Å²) in [7, 11) is 0. The monoisotopic (exact) mass is 515 g/mol. The number of nitrogens with zero attached hydrogens (tertiary/aromatic N) is 4. The van der Waals surface area contributed by atoms with E-state index in [0.717, 1.165) is 69.1 Å². The van der Waals surface area contributed by atoms with Crippen LogP contribution in [-0.4, -0.2) is 72.5 Å². The lowest BCUT2D eigenvalue weighted by atomic mass is 10.0. The van der Waals surface area contributed by atoms with Crippen LogP contribution >= 0.6 is 23.2 Å². The molecule has 0 saturated carbocycles. The van der Waals surface area contributed by atoms with Crippen LogP contribution in [0.4, 0.5) is 5.69 Å². The summed E-state index contributed by atoms with van der Waals surface area (Å²) >= 11 is 12.6. The molecule has 188 valence electrons. The number of anilines is 1. The van der Waals surface area contributed by atoms with Gasteiger partial charge in [0.2, 0.25) is 5.91 Å². The number of piperazine rings is 1. The van der Waals surface area contributed by atoms with Crippen LogP contribution in [0.5, 0.6) is 0 Å². The Bertz CT molecular complexity index is 1020. The molecule has 2 aromatic rings. The Morgan fingerprint density at radius 2 is 1.91 bits per heavy atom. The maximum atomic E-state index is 13.1. The van der Waals surface area contributed by atoms with Crippen molar-refractivity contribution >= 4 is 40.5 Å². The van der Waals surface area contributed by atoms with Crippen LogP contribution in [0.15, 0.2) is 48.8 Å². The lowest BCUT2D eigenvalue weighted by Crippen LogP contribution is -2.47. The van der Waals surface area contributed by atoms with Gasteiger partial charge in [0, 0.05) is 69.0 Å². The molecule has 4 rings (SSSR count). The van der Waals surface area contributed by atoms with Crippen LogP contribution in [0.2, 0.25) is 10.0 Å². The number of rotatable bonds is 9. The van der Waals surface area contributed by atoms with E-state index < -0.39 is 0 Å². The summed E-state index contributed by atoms with van der Waals surface area (Å²) < 4.78 is 0. The molecule has 1 amide bonds. The van der Waals surface area contributed by atoms with Gasteiger partial charge in [0.05, 0.1) is 21.7 Å². The van der Waals surface area contributed by atoms with Crippen molar-refractivity contribution in [1.82, 2.24) is 20.1 Å². The molecule has 2 unspecified atom stereocenters. The van der Waals surface area contributed by atoms with Crippen molar-refractivity contribution in [2.24, 2.45) is 5.92 Å². The normalized spacial score (nSPS) is 20.7. The number of pyridine rings is 1. The van der Waals surface area contributed by atoms with Crippen LogP contribution < -0.4 is 10.2 Å². The summed E-state index contributed by atoms with van der Waals surface area (Å²) in [6.07, 6.45) is 7.74. The van der Waals surface area contributed by atoms with Gasteiger partial charge < -0.3 is 15.1 Å². The van der Waals surface area contributed by atoms with Crippen molar-refractivity contribution in [3.63, 3.8) is 0 Å². The molecule has 3 heterocycles. The van der Waals surface area contributed by atoms with Gasteiger partial charge >= 0.3 is 0 Å². The third-order valence-corrected chi connectivity index (χ3v) is 7.79. The summed E-state index contributed by atoms with van der Waals surface area (Å²) in [5, 5.41) is 4.41. The van der Waals surface area contributed by atoms with Gasteiger partial charge in [0.25, 0.3) is 0 Å². The Morgan fingerprint density at radius 3 is 2.63 bits per heavy atom. The van der Waals surface area contributed by atoms with Crippen LogP contribution in [0, 0.1) is 5.92 Å². The molecule has 1 aromatic carbocycles. The summed E-state index contributed by atoms with van der Waals surface area (Å²) in [6, 6.07) is 9.94. The predicted molar refractivity (Wildman–Crippen MR) is 145 cm³/mol. The van der Waals surface area contributed by atoms with Gasteiger partial charge in [-0.2, -0.15) is 0 Å². The first-order valence-electron chi connectivity index (χ1n) is 12.6. The number of halogens is 2. The molecule has 2 aliphatic heterocycles. The Labute approximate surface area is 218 Å². The van der Waals surface area contributed by atoms with E-state index in [1.807, 2.05) is 30.5 Å². The number of hydrogen-bond donors (Lipinski definition) is 1. The molecule has 1 saturated heterocycles. The lowest BCUT2D eigenvalue weighted by molar-refractivity contribution is -0.124. The Morgan fingerprint density at radius 1 is 1.11 bits per heavy atom. The largest absolute Gasteiger partial charge is 0.368 e. The molecule has 0 radical (unpaired) electrons. The minimum atomic E-state index is -0.150. The van der Waals surface area contributed by atoms with E-state index in [9.17, 15) is 4.79 Å². The SMILES string of the molecule is CCCN1C(c2cccnc2)=CC(C(=O)NCCCN2CCN(c3cccc(Cl)c3Cl)CC2)C1C. The Kier molecular flexibility index (Phi) is 8.93. The van der Waals surface area contributed by atoms with Crippen molar-refractivity contribution < 1.29 is 4.79 Å². The van der Waals surface area contributed by atoms with E-state index in [2.05, 4.69) is 51.0 Å². The number of carbonyl (C=O) groups excluding carboxylic acids is 1. The minimum absolute atomic E-state index is 0.109. The third kappa shape index (κ3) is 6.11. The molecule has 2 atom stereocenters. The fourth-order valence-corrected chi connectivity index (χ4v) is 5.45. The maximum Gasteiger partial charge on any atom is 0.229 e. The molecule has 0 aliphatic carbocycles. The summed E-state index contributed by atoms with van der Waals surface area (Å²) in [5.74, 6) is -0.0411. The van der Waals surface area contributed by atoms with Gasteiger partial charge in [0.15, 0.2) is 0 Å². The highest BCUT2D eigenvalue weighted by atomic mass is 35.5. The molecule has 1 aromatic heterocycles. The molecule has 1 fully saturated rings. The second-order valence-corrected chi connectivity index (χ2v) is 10.1. The van der Waals surface area contributed by atoms with Crippen molar-refractivity contribution in [2.45, 2.75) is 32.7 Å². The standard InChI is InChI=1S/C27H35Cl2N5O/c1-3-12-34-20(2)22(18-25(34)21-7-5-10-30-19-21)27(35)31-11-6-13-32-14-16-33(17-15-32)24-9-4-8-23(28)26(24)29/h4-5,7-10,18-20,22H,3,6,11-17H2,1-2H3,(H,31,35). The van der Waals surface area contributed by atoms with E-state index in [1.54, 1.807) is 6.20 Å². The van der Waals surface area contributed by atoms with E-state index in [0.29, 0.717) is 16.6 Å². The van der Waals surface area contributed by atoms with E-state index in [4.69, 9.17) is 23.2 Å². The quantitative estimate of drug-likeness (QED) is 0.486. The maximum absolute atomic E-state index is 13.1. The Balaban J connectivity index is 1.24. The van der Waals surface area contributed by atoms with E-state index >= 15 is 0 Å². The number of carbonyl (C=O) groups is 1. The van der Waals surface area contributed by atoms with E-state index in [-0.39, 0.29) is 17.9 Å². The fourth-order valence-electron chi connectivity index (χ4n) is 5.04. The topological polar surface area (TPSA) is 51.7 Å². The highest BCUT2D eigenvalue weighted by Gasteiger charge is 2.35. The van der Waals surface area contributed by atoms with Gasteiger partial charge in [-0.15, -0.1) is 0 Å². The minimum Gasteiger partial charge on any atom is -0.368 e. The van der Waals surface area contributed by atoms with Crippen molar-refractivity contribution in [3.8, 4) is 0 Å². The summed E-state index contributed by atoms with van der Waals surface area (Å²) in [6.45, 7) is 10.7. The first-order valence-corrected chi connectivity index (χ1v) is 13.3. The number of nitrogens with one attached hydrogen (secondary N) is 1. The molecule has 0 spiro atoms. The highest BCUT2D eigenvalue weighted by molar-refractivity contribution is 6.43. The second-order valence-electron chi connectivity index (χ2n) is 9.30. The average molecular weight is 517 g/mol. The fraction of sp³-hybridized carbons (Fsp3) is 0.481. The molecular formula is C27H35Cl2N5O. The van der Waals surface area contributed by atoms with Gasteiger partial charge in [-0.3, -0.25) is 14.7 Å².